The Morgan fingerprint density at radius 3 is 2.18 bits per heavy atom. The first-order valence-corrected chi connectivity index (χ1v) is 12.9. The molecule has 0 aromatic heterocycles. The van der Waals surface area contributed by atoms with Gasteiger partial charge in [0, 0.05) is 24.2 Å². The molecule has 0 spiro atoms. The first-order valence-electron chi connectivity index (χ1n) is 11.0. The number of amides is 1. The number of halogens is 1. The number of carbonyl (C=O) groups is 1. The third kappa shape index (κ3) is 5.13. The maximum absolute atomic E-state index is 13.4. The molecule has 1 saturated heterocycles. The Labute approximate surface area is 200 Å². The molecule has 172 valence electrons. The molecule has 33 heavy (non-hydrogen) atoms. The largest absolute Gasteiger partial charge is 0.351 e. The SMILES string of the molecule is Cc1c(Cl)cccc1S(=O)(=O)N1CCCC(NC(=O)C(c2ccccc2)c2ccccc2)C1. The van der Waals surface area contributed by atoms with Crippen LogP contribution in [-0.4, -0.2) is 37.8 Å². The van der Waals surface area contributed by atoms with Crippen molar-refractivity contribution in [2.75, 3.05) is 13.1 Å². The molecule has 1 unspecified atom stereocenters. The highest BCUT2D eigenvalue weighted by Gasteiger charge is 2.33. The van der Waals surface area contributed by atoms with Crippen molar-refractivity contribution in [2.45, 2.75) is 36.6 Å². The summed E-state index contributed by atoms with van der Waals surface area (Å²) in [7, 11) is -3.71. The van der Waals surface area contributed by atoms with E-state index in [0.717, 1.165) is 17.5 Å². The molecule has 0 saturated carbocycles. The smallest absolute Gasteiger partial charge is 0.243 e. The highest BCUT2D eigenvalue weighted by atomic mass is 35.5. The first kappa shape index (κ1) is 23.5. The second-order valence-electron chi connectivity index (χ2n) is 8.33. The predicted octanol–water partition coefficient (Wildman–Crippen LogP) is 4.75. The first-order chi connectivity index (χ1) is 15.9. The van der Waals surface area contributed by atoms with E-state index in [2.05, 4.69) is 5.32 Å². The van der Waals surface area contributed by atoms with Crippen LogP contribution in [0.5, 0.6) is 0 Å². The zero-order valence-corrected chi connectivity index (χ0v) is 20.0. The van der Waals surface area contributed by atoms with Crippen LogP contribution in [0.2, 0.25) is 5.02 Å². The van der Waals surface area contributed by atoms with E-state index < -0.39 is 15.9 Å². The lowest BCUT2D eigenvalue weighted by Crippen LogP contribution is -2.50. The lowest BCUT2D eigenvalue weighted by Gasteiger charge is -2.33. The molecule has 1 amide bonds. The number of piperidine rings is 1. The highest BCUT2D eigenvalue weighted by Crippen LogP contribution is 2.29. The summed E-state index contributed by atoms with van der Waals surface area (Å²) in [5.74, 6) is -0.592. The average molecular weight is 483 g/mol. The van der Waals surface area contributed by atoms with Gasteiger partial charge >= 0.3 is 0 Å². The number of nitrogens with zero attached hydrogens (tertiary/aromatic N) is 1. The van der Waals surface area contributed by atoms with Gasteiger partial charge in [-0.1, -0.05) is 78.3 Å². The van der Waals surface area contributed by atoms with Crippen molar-refractivity contribution in [3.63, 3.8) is 0 Å². The molecule has 1 heterocycles. The van der Waals surface area contributed by atoms with Gasteiger partial charge in [0.15, 0.2) is 0 Å². The number of benzene rings is 3. The van der Waals surface area contributed by atoms with E-state index in [0.29, 0.717) is 23.6 Å². The van der Waals surface area contributed by atoms with E-state index in [-0.39, 0.29) is 23.4 Å². The number of carbonyl (C=O) groups excluding carboxylic acids is 1. The van der Waals surface area contributed by atoms with E-state index in [1.54, 1.807) is 25.1 Å². The molecule has 1 N–H and O–H groups in total. The second-order valence-corrected chi connectivity index (χ2v) is 10.6. The van der Waals surface area contributed by atoms with Gasteiger partial charge in [0.2, 0.25) is 15.9 Å². The Hall–Kier alpha value is -2.67. The van der Waals surface area contributed by atoms with E-state index in [1.165, 1.54) is 4.31 Å². The minimum Gasteiger partial charge on any atom is -0.351 e. The third-order valence-corrected chi connectivity index (χ3v) is 8.51. The maximum atomic E-state index is 13.4. The molecule has 0 aliphatic carbocycles. The number of nitrogens with one attached hydrogen (secondary N) is 1. The van der Waals surface area contributed by atoms with Gasteiger partial charge in [-0.3, -0.25) is 4.79 Å². The van der Waals surface area contributed by atoms with Crippen LogP contribution in [0.15, 0.2) is 83.8 Å². The quantitative estimate of drug-likeness (QED) is 0.551. The van der Waals surface area contributed by atoms with Gasteiger partial charge in [0.1, 0.15) is 0 Å². The fourth-order valence-corrected chi connectivity index (χ4v) is 6.36. The molecule has 3 aromatic rings. The fourth-order valence-electron chi connectivity index (χ4n) is 4.36. The Balaban J connectivity index is 1.55. The molecule has 7 heteroatoms. The van der Waals surface area contributed by atoms with Gasteiger partial charge in [0.25, 0.3) is 0 Å². The molecule has 0 bridgehead atoms. The van der Waals surface area contributed by atoms with Gasteiger partial charge < -0.3 is 5.32 Å². The zero-order valence-electron chi connectivity index (χ0n) is 18.4. The van der Waals surface area contributed by atoms with Crippen molar-refractivity contribution < 1.29 is 13.2 Å². The van der Waals surface area contributed by atoms with Gasteiger partial charge in [-0.25, -0.2) is 8.42 Å². The van der Waals surface area contributed by atoms with E-state index in [4.69, 9.17) is 11.6 Å². The molecule has 4 rings (SSSR count). The van der Waals surface area contributed by atoms with Crippen LogP contribution in [0, 0.1) is 6.92 Å². The van der Waals surface area contributed by atoms with Crippen LogP contribution in [0.1, 0.15) is 35.4 Å². The van der Waals surface area contributed by atoms with E-state index in [1.807, 2.05) is 60.7 Å². The lowest BCUT2D eigenvalue weighted by molar-refractivity contribution is -0.122. The summed E-state index contributed by atoms with van der Waals surface area (Å²) < 4.78 is 28.1. The topological polar surface area (TPSA) is 66.5 Å². The van der Waals surface area contributed by atoms with Crippen LogP contribution in [0.3, 0.4) is 0 Å². The summed E-state index contributed by atoms with van der Waals surface area (Å²) in [5.41, 5.74) is 2.34. The van der Waals surface area contributed by atoms with Gasteiger partial charge in [-0.2, -0.15) is 4.31 Å². The fraction of sp³-hybridized carbons (Fsp3) is 0.269. The number of hydrogen-bond acceptors (Lipinski definition) is 3. The van der Waals surface area contributed by atoms with Crippen molar-refractivity contribution in [3.05, 3.63) is 101 Å². The highest BCUT2D eigenvalue weighted by molar-refractivity contribution is 7.89. The monoisotopic (exact) mass is 482 g/mol. The standard InChI is InChI=1S/C26H27ClN2O3S/c1-19-23(27)15-8-16-24(19)33(31,32)29-17-9-14-22(18-29)28-26(30)25(20-10-4-2-5-11-20)21-12-6-3-7-13-21/h2-8,10-13,15-16,22,25H,9,14,17-18H2,1H3,(H,28,30). The normalized spacial score (nSPS) is 17.1. The molecule has 1 aliphatic heterocycles. The van der Waals surface area contributed by atoms with Crippen LogP contribution < -0.4 is 5.32 Å². The summed E-state index contributed by atoms with van der Waals surface area (Å²) >= 11 is 6.17. The molecule has 3 aromatic carbocycles. The summed E-state index contributed by atoms with van der Waals surface area (Å²) in [4.78, 5) is 13.7. The molecule has 1 fully saturated rings. The Morgan fingerprint density at radius 2 is 1.58 bits per heavy atom. The van der Waals surface area contributed by atoms with Gasteiger partial charge in [0.05, 0.1) is 10.8 Å². The van der Waals surface area contributed by atoms with Crippen LogP contribution in [0.25, 0.3) is 0 Å². The predicted molar refractivity (Wildman–Crippen MR) is 131 cm³/mol. The minimum absolute atomic E-state index is 0.129. The van der Waals surface area contributed by atoms with E-state index >= 15 is 0 Å². The Morgan fingerprint density at radius 1 is 0.970 bits per heavy atom. The average Bonchev–Trinajstić information content (AvgIpc) is 2.82. The van der Waals surface area contributed by atoms with Crippen molar-refractivity contribution in [1.29, 1.82) is 0 Å². The molecule has 5 nitrogen and oxygen atoms in total. The number of sulfonamides is 1. The second kappa shape index (κ2) is 10.1. The number of rotatable bonds is 6. The summed E-state index contributed by atoms with van der Waals surface area (Å²) in [6, 6.07) is 23.9. The summed E-state index contributed by atoms with van der Waals surface area (Å²) in [6.07, 6.45) is 1.40. The molecular weight excluding hydrogens is 456 g/mol. The van der Waals surface area contributed by atoms with Gasteiger partial charge in [-0.15, -0.1) is 0 Å². The lowest BCUT2D eigenvalue weighted by atomic mass is 9.90. The molecular formula is C26H27ClN2O3S. The van der Waals surface area contributed by atoms with Crippen molar-refractivity contribution in [1.82, 2.24) is 9.62 Å². The summed E-state index contributed by atoms with van der Waals surface area (Å²) in [6.45, 7) is 2.36. The number of hydrogen-bond donors (Lipinski definition) is 1. The van der Waals surface area contributed by atoms with Crippen molar-refractivity contribution in [2.24, 2.45) is 0 Å². The van der Waals surface area contributed by atoms with Crippen LogP contribution in [-0.2, 0) is 14.8 Å². The van der Waals surface area contributed by atoms with Crippen LogP contribution in [0.4, 0.5) is 0 Å². The molecule has 0 radical (unpaired) electrons. The Bertz CT molecular complexity index is 1180. The molecule has 1 atom stereocenters. The summed E-state index contributed by atoms with van der Waals surface area (Å²) in [5, 5.41) is 3.55. The zero-order chi connectivity index (χ0) is 23.4. The molecule has 1 aliphatic rings. The maximum Gasteiger partial charge on any atom is 0.243 e. The van der Waals surface area contributed by atoms with Crippen molar-refractivity contribution >= 4 is 27.5 Å². The van der Waals surface area contributed by atoms with Gasteiger partial charge in [-0.05, 0) is 48.6 Å². The van der Waals surface area contributed by atoms with E-state index in [9.17, 15) is 13.2 Å². The Kier molecular flexibility index (Phi) is 7.17. The van der Waals surface area contributed by atoms with Crippen LogP contribution >= 0.6 is 11.6 Å². The van der Waals surface area contributed by atoms with Crippen molar-refractivity contribution in [3.8, 4) is 0 Å². The minimum atomic E-state index is -3.71. The third-order valence-electron chi connectivity index (χ3n) is 6.09.